The van der Waals surface area contributed by atoms with Crippen LogP contribution in [-0.4, -0.2) is 14.2 Å². The largest absolute Gasteiger partial charge is 0.497 e. The van der Waals surface area contributed by atoms with Crippen LogP contribution in [-0.2, 0) is 6.54 Å². The molecule has 2 rings (SSSR count). The number of benzene rings is 2. The highest BCUT2D eigenvalue weighted by atomic mass is 16.5. The van der Waals surface area contributed by atoms with Crippen molar-refractivity contribution in [1.29, 1.82) is 0 Å². The van der Waals surface area contributed by atoms with Crippen LogP contribution < -0.4 is 15.2 Å². The molecule has 3 nitrogen and oxygen atoms in total. The Bertz CT molecular complexity index is 566. The van der Waals surface area contributed by atoms with Gasteiger partial charge in [-0.3, -0.25) is 0 Å². The third-order valence-electron chi connectivity index (χ3n) is 3.06. The van der Waals surface area contributed by atoms with Gasteiger partial charge in [-0.1, -0.05) is 36.4 Å². The van der Waals surface area contributed by atoms with Gasteiger partial charge in [0.25, 0.3) is 0 Å². The fourth-order valence-corrected chi connectivity index (χ4v) is 1.88. The molecule has 0 bridgehead atoms. The second kappa shape index (κ2) is 6.78. The first kappa shape index (κ1) is 14.2. The Balaban J connectivity index is 2.21. The first-order valence-electron chi connectivity index (χ1n) is 6.45. The minimum Gasteiger partial charge on any atom is -0.497 e. The van der Waals surface area contributed by atoms with Crippen LogP contribution in [0.15, 0.2) is 42.5 Å². The fourth-order valence-electron chi connectivity index (χ4n) is 1.88. The van der Waals surface area contributed by atoms with Gasteiger partial charge in [-0.25, -0.2) is 0 Å². The van der Waals surface area contributed by atoms with Gasteiger partial charge < -0.3 is 15.2 Å². The van der Waals surface area contributed by atoms with Gasteiger partial charge in [-0.15, -0.1) is 0 Å². The summed E-state index contributed by atoms with van der Waals surface area (Å²) in [7, 11) is 3.29. The minimum absolute atomic E-state index is 0.567. The summed E-state index contributed by atoms with van der Waals surface area (Å²) < 4.78 is 10.5. The standard InChI is InChI=1S/C17H19NO2/c1-19-16-9-15(10-17(11-16)20-2)8-5-13-3-6-14(12-18)7-4-13/h3-11H,12,18H2,1-2H3/b8-5+. The van der Waals surface area contributed by atoms with Crippen LogP contribution in [0.1, 0.15) is 16.7 Å². The maximum Gasteiger partial charge on any atom is 0.123 e. The van der Waals surface area contributed by atoms with Crippen LogP contribution in [0.5, 0.6) is 11.5 Å². The molecule has 0 aliphatic heterocycles. The van der Waals surface area contributed by atoms with E-state index >= 15 is 0 Å². The molecule has 2 aromatic carbocycles. The second-order valence-corrected chi connectivity index (χ2v) is 4.43. The summed E-state index contributed by atoms with van der Waals surface area (Å²) in [4.78, 5) is 0. The molecule has 0 heterocycles. The molecule has 0 saturated heterocycles. The van der Waals surface area contributed by atoms with Gasteiger partial charge in [0.05, 0.1) is 14.2 Å². The predicted molar refractivity (Wildman–Crippen MR) is 82.8 cm³/mol. The lowest BCUT2D eigenvalue weighted by Gasteiger charge is -2.05. The van der Waals surface area contributed by atoms with E-state index in [0.29, 0.717) is 6.54 Å². The molecule has 0 amide bonds. The molecule has 0 unspecified atom stereocenters. The lowest BCUT2D eigenvalue weighted by Crippen LogP contribution is -1.94. The number of ether oxygens (including phenoxy) is 2. The van der Waals surface area contributed by atoms with Crippen LogP contribution in [0.4, 0.5) is 0 Å². The van der Waals surface area contributed by atoms with Crippen LogP contribution in [0.2, 0.25) is 0 Å². The molecule has 0 spiro atoms. The number of nitrogens with two attached hydrogens (primary N) is 1. The Morgan fingerprint density at radius 2 is 1.40 bits per heavy atom. The van der Waals surface area contributed by atoms with Gasteiger partial charge in [0.2, 0.25) is 0 Å². The maximum absolute atomic E-state index is 5.58. The average Bonchev–Trinajstić information content (AvgIpc) is 2.53. The highest BCUT2D eigenvalue weighted by molar-refractivity contribution is 5.71. The van der Waals surface area contributed by atoms with E-state index < -0.39 is 0 Å². The molecular weight excluding hydrogens is 250 g/mol. The highest BCUT2D eigenvalue weighted by Crippen LogP contribution is 2.23. The Morgan fingerprint density at radius 1 is 0.850 bits per heavy atom. The van der Waals surface area contributed by atoms with Crippen molar-refractivity contribution in [2.45, 2.75) is 6.54 Å². The molecule has 3 heteroatoms. The van der Waals surface area contributed by atoms with Gasteiger partial charge in [-0.05, 0) is 28.8 Å². The fraction of sp³-hybridized carbons (Fsp3) is 0.176. The van der Waals surface area contributed by atoms with E-state index in [1.54, 1.807) is 14.2 Å². The van der Waals surface area contributed by atoms with Crippen molar-refractivity contribution in [3.05, 3.63) is 59.2 Å². The van der Waals surface area contributed by atoms with Crippen molar-refractivity contribution >= 4 is 12.2 Å². The summed E-state index contributed by atoms with van der Waals surface area (Å²) >= 11 is 0. The minimum atomic E-state index is 0.567. The first-order chi connectivity index (χ1) is 9.75. The summed E-state index contributed by atoms with van der Waals surface area (Å²) in [5.74, 6) is 1.56. The van der Waals surface area contributed by atoms with E-state index in [-0.39, 0.29) is 0 Å². The van der Waals surface area contributed by atoms with Gasteiger partial charge in [-0.2, -0.15) is 0 Å². The van der Waals surface area contributed by atoms with Crippen molar-refractivity contribution in [3.8, 4) is 11.5 Å². The molecule has 0 radical (unpaired) electrons. The lowest BCUT2D eigenvalue weighted by atomic mass is 10.1. The molecule has 20 heavy (non-hydrogen) atoms. The number of rotatable bonds is 5. The smallest absolute Gasteiger partial charge is 0.123 e. The van der Waals surface area contributed by atoms with E-state index in [9.17, 15) is 0 Å². The highest BCUT2D eigenvalue weighted by Gasteiger charge is 1.99. The number of methoxy groups -OCH3 is 2. The molecule has 104 valence electrons. The molecule has 0 fully saturated rings. The Hall–Kier alpha value is -2.26. The zero-order chi connectivity index (χ0) is 14.4. The molecule has 2 aromatic rings. The molecular formula is C17H19NO2. The van der Waals surface area contributed by atoms with E-state index in [1.807, 2.05) is 36.4 Å². The third-order valence-corrected chi connectivity index (χ3v) is 3.06. The molecule has 0 saturated carbocycles. The average molecular weight is 269 g/mol. The molecule has 0 aliphatic rings. The first-order valence-corrected chi connectivity index (χ1v) is 6.45. The maximum atomic E-state index is 5.58. The van der Waals surface area contributed by atoms with E-state index in [1.165, 1.54) is 0 Å². The van der Waals surface area contributed by atoms with E-state index in [4.69, 9.17) is 15.2 Å². The van der Waals surface area contributed by atoms with E-state index in [0.717, 1.165) is 28.2 Å². The normalized spacial score (nSPS) is 10.8. The van der Waals surface area contributed by atoms with Crippen LogP contribution in [0, 0.1) is 0 Å². The van der Waals surface area contributed by atoms with Crippen molar-refractivity contribution in [1.82, 2.24) is 0 Å². The van der Waals surface area contributed by atoms with Gasteiger partial charge >= 0.3 is 0 Å². The third kappa shape index (κ3) is 3.62. The van der Waals surface area contributed by atoms with E-state index in [2.05, 4.69) is 18.2 Å². The second-order valence-electron chi connectivity index (χ2n) is 4.43. The Morgan fingerprint density at radius 3 is 1.90 bits per heavy atom. The van der Waals surface area contributed by atoms with Crippen LogP contribution in [0.3, 0.4) is 0 Å². The topological polar surface area (TPSA) is 44.5 Å². The van der Waals surface area contributed by atoms with Gasteiger partial charge in [0.1, 0.15) is 11.5 Å². The van der Waals surface area contributed by atoms with Crippen molar-refractivity contribution in [2.75, 3.05) is 14.2 Å². The zero-order valence-corrected chi connectivity index (χ0v) is 11.8. The molecule has 0 aromatic heterocycles. The van der Waals surface area contributed by atoms with Crippen LogP contribution >= 0.6 is 0 Å². The molecule has 2 N–H and O–H groups in total. The summed E-state index contributed by atoms with van der Waals surface area (Å²) in [5, 5.41) is 0. The van der Waals surface area contributed by atoms with Crippen LogP contribution in [0.25, 0.3) is 12.2 Å². The number of hydrogen-bond donors (Lipinski definition) is 1. The van der Waals surface area contributed by atoms with Crippen molar-refractivity contribution in [3.63, 3.8) is 0 Å². The lowest BCUT2D eigenvalue weighted by molar-refractivity contribution is 0.394. The summed E-state index contributed by atoms with van der Waals surface area (Å²) in [5.41, 5.74) is 8.87. The Kier molecular flexibility index (Phi) is 4.80. The molecule has 0 aliphatic carbocycles. The molecule has 0 atom stereocenters. The Labute approximate surface area is 119 Å². The number of hydrogen-bond acceptors (Lipinski definition) is 3. The summed E-state index contributed by atoms with van der Waals surface area (Å²) in [6.07, 6.45) is 4.08. The zero-order valence-electron chi connectivity index (χ0n) is 11.8. The summed E-state index contributed by atoms with van der Waals surface area (Å²) in [6, 6.07) is 14.0. The van der Waals surface area contributed by atoms with Gasteiger partial charge in [0.15, 0.2) is 0 Å². The van der Waals surface area contributed by atoms with Gasteiger partial charge in [0, 0.05) is 12.6 Å². The SMILES string of the molecule is COc1cc(/C=C/c2ccc(CN)cc2)cc(OC)c1. The predicted octanol–water partition coefficient (Wildman–Crippen LogP) is 3.33. The summed E-state index contributed by atoms with van der Waals surface area (Å²) in [6.45, 7) is 0.567. The van der Waals surface area contributed by atoms with Crippen molar-refractivity contribution in [2.24, 2.45) is 5.73 Å². The van der Waals surface area contributed by atoms with Crippen molar-refractivity contribution < 1.29 is 9.47 Å². The monoisotopic (exact) mass is 269 g/mol. The quantitative estimate of drug-likeness (QED) is 0.847.